The number of nitrogens with one attached hydrogen (secondary N) is 2. The first-order valence-corrected chi connectivity index (χ1v) is 7.80. The van der Waals surface area contributed by atoms with Crippen molar-refractivity contribution in [2.45, 2.75) is 26.8 Å². The first-order chi connectivity index (χ1) is 9.31. The molecule has 1 aromatic rings. The molecule has 1 rings (SSSR count). The van der Waals surface area contributed by atoms with Crippen LogP contribution in [0.1, 0.15) is 31.1 Å². The molecule has 6 heteroatoms. The third-order valence-electron chi connectivity index (χ3n) is 2.60. The van der Waals surface area contributed by atoms with Gasteiger partial charge in [0.15, 0.2) is 0 Å². The summed E-state index contributed by atoms with van der Waals surface area (Å²) < 4.78 is 0.791. The molecule has 20 heavy (non-hydrogen) atoms. The summed E-state index contributed by atoms with van der Waals surface area (Å²) in [6.45, 7) is 6.27. The summed E-state index contributed by atoms with van der Waals surface area (Å²) in [5.74, 6) is -0.121. The van der Waals surface area contributed by atoms with Gasteiger partial charge < -0.3 is 10.6 Å². The Kier molecular flexibility index (Phi) is 6.75. The molecule has 4 nitrogen and oxygen atoms in total. The van der Waals surface area contributed by atoms with Gasteiger partial charge in [0.05, 0.1) is 5.56 Å². The topological polar surface area (TPSA) is 58.2 Å². The maximum absolute atomic E-state index is 12.1. The molecular formula is C14H18ClIN2O2. The molecule has 0 spiro atoms. The van der Waals surface area contributed by atoms with E-state index in [9.17, 15) is 9.59 Å². The highest BCUT2D eigenvalue weighted by atomic mass is 127. The summed E-state index contributed by atoms with van der Waals surface area (Å²) in [5, 5.41) is 5.95. The molecule has 1 aromatic carbocycles. The molecule has 0 aliphatic carbocycles. The number of carbonyl (C=O) groups is 2. The summed E-state index contributed by atoms with van der Waals surface area (Å²) >= 11 is 7.94. The molecule has 0 aliphatic heterocycles. The van der Waals surface area contributed by atoms with Crippen molar-refractivity contribution in [2.75, 3.05) is 6.54 Å². The van der Waals surface area contributed by atoms with E-state index in [1.54, 1.807) is 25.1 Å². The maximum Gasteiger partial charge on any atom is 0.253 e. The van der Waals surface area contributed by atoms with Crippen LogP contribution in [-0.2, 0) is 4.79 Å². The number of carbonyl (C=O) groups excluding carboxylic acids is 2. The number of rotatable bonds is 5. The van der Waals surface area contributed by atoms with E-state index < -0.39 is 6.04 Å². The molecule has 1 atom stereocenters. The van der Waals surface area contributed by atoms with Crippen LogP contribution in [0, 0.1) is 9.49 Å². The summed E-state index contributed by atoms with van der Waals surface area (Å²) in [7, 11) is 0. The van der Waals surface area contributed by atoms with Gasteiger partial charge in [0, 0.05) is 15.1 Å². The van der Waals surface area contributed by atoms with Crippen LogP contribution in [0.15, 0.2) is 18.2 Å². The van der Waals surface area contributed by atoms with Gasteiger partial charge in [-0.3, -0.25) is 9.59 Å². The van der Waals surface area contributed by atoms with Crippen LogP contribution in [0.25, 0.3) is 0 Å². The quantitative estimate of drug-likeness (QED) is 0.736. The minimum absolute atomic E-state index is 0.191. The van der Waals surface area contributed by atoms with Crippen molar-refractivity contribution in [2.24, 2.45) is 5.92 Å². The van der Waals surface area contributed by atoms with Crippen LogP contribution in [0.4, 0.5) is 0 Å². The van der Waals surface area contributed by atoms with Gasteiger partial charge in [-0.2, -0.15) is 0 Å². The first kappa shape index (κ1) is 17.2. The van der Waals surface area contributed by atoms with Crippen LogP contribution in [0.3, 0.4) is 0 Å². The molecule has 2 amide bonds. The third-order valence-corrected chi connectivity index (χ3v) is 3.77. The largest absolute Gasteiger partial charge is 0.354 e. The van der Waals surface area contributed by atoms with Gasteiger partial charge in [0.2, 0.25) is 5.91 Å². The number of amides is 2. The lowest BCUT2D eigenvalue weighted by Gasteiger charge is -2.15. The van der Waals surface area contributed by atoms with E-state index in [4.69, 9.17) is 11.6 Å². The number of halogens is 2. The second kappa shape index (κ2) is 7.83. The van der Waals surface area contributed by atoms with Gasteiger partial charge in [0.1, 0.15) is 6.04 Å². The van der Waals surface area contributed by atoms with E-state index in [2.05, 4.69) is 33.2 Å². The SMILES string of the molecule is CC(C)CNC(=O)C(C)NC(=O)c1cc(Cl)ccc1I. The van der Waals surface area contributed by atoms with Gasteiger partial charge in [-0.25, -0.2) is 0 Å². The smallest absolute Gasteiger partial charge is 0.253 e. The van der Waals surface area contributed by atoms with E-state index in [-0.39, 0.29) is 11.8 Å². The second-order valence-electron chi connectivity index (χ2n) is 4.96. The molecule has 110 valence electrons. The normalized spacial score (nSPS) is 12.1. The zero-order chi connectivity index (χ0) is 15.3. The van der Waals surface area contributed by atoms with Crippen LogP contribution < -0.4 is 10.6 Å². The summed E-state index contributed by atoms with van der Waals surface area (Å²) in [6, 6.07) is 4.49. The lowest BCUT2D eigenvalue weighted by Crippen LogP contribution is -2.45. The van der Waals surface area contributed by atoms with Crippen molar-refractivity contribution in [3.63, 3.8) is 0 Å². The van der Waals surface area contributed by atoms with Crippen LogP contribution in [-0.4, -0.2) is 24.4 Å². The van der Waals surface area contributed by atoms with Gasteiger partial charge in [-0.15, -0.1) is 0 Å². The Morgan fingerprint density at radius 2 is 1.95 bits per heavy atom. The molecule has 0 fully saturated rings. The molecule has 0 heterocycles. The number of hydrogen-bond donors (Lipinski definition) is 2. The molecule has 0 aliphatic rings. The van der Waals surface area contributed by atoms with E-state index in [1.807, 2.05) is 13.8 Å². The van der Waals surface area contributed by atoms with Crippen molar-refractivity contribution in [3.05, 3.63) is 32.4 Å². The summed E-state index contributed by atoms with van der Waals surface area (Å²) in [6.07, 6.45) is 0. The molecule has 1 unspecified atom stereocenters. The van der Waals surface area contributed by atoms with E-state index >= 15 is 0 Å². The summed E-state index contributed by atoms with van der Waals surface area (Å²) in [4.78, 5) is 23.9. The van der Waals surface area contributed by atoms with Crippen molar-refractivity contribution < 1.29 is 9.59 Å². The van der Waals surface area contributed by atoms with Crippen LogP contribution in [0.5, 0.6) is 0 Å². The molecule has 0 saturated carbocycles. The van der Waals surface area contributed by atoms with Crippen molar-refractivity contribution in [3.8, 4) is 0 Å². The van der Waals surface area contributed by atoms with Crippen molar-refractivity contribution in [1.82, 2.24) is 10.6 Å². The molecule has 0 radical (unpaired) electrons. The average molecular weight is 409 g/mol. The molecular weight excluding hydrogens is 391 g/mol. The third kappa shape index (κ3) is 5.28. The molecule has 0 bridgehead atoms. The van der Waals surface area contributed by atoms with Gasteiger partial charge >= 0.3 is 0 Å². The van der Waals surface area contributed by atoms with E-state index in [0.717, 1.165) is 3.57 Å². The lowest BCUT2D eigenvalue weighted by molar-refractivity contribution is -0.122. The van der Waals surface area contributed by atoms with Crippen LogP contribution in [0.2, 0.25) is 5.02 Å². The van der Waals surface area contributed by atoms with E-state index in [0.29, 0.717) is 23.0 Å². The zero-order valence-electron chi connectivity index (χ0n) is 11.7. The first-order valence-electron chi connectivity index (χ1n) is 6.35. The number of benzene rings is 1. The predicted octanol–water partition coefficient (Wildman–Crippen LogP) is 2.84. The zero-order valence-corrected chi connectivity index (χ0v) is 14.6. The van der Waals surface area contributed by atoms with Gasteiger partial charge in [0.25, 0.3) is 5.91 Å². The van der Waals surface area contributed by atoms with Crippen LogP contribution >= 0.6 is 34.2 Å². The Labute approximate surface area is 137 Å². The van der Waals surface area contributed by atoms with Crippen molar-refractivity contribution in [1.29, 1.82) is 0 Å². The highest BCUT2D eigenvalue weighted by molar-refractivity contribution is 14.1. The Bertz CT molecular complexity index is 506. The maximum atomic E-state index is 12.1. The Morgan fingerprint density at radius 3 is 2.55 bits per heavy atom. The summed E-state index contributed by atoms with van der Waals surface area (Å²) in [5.41, 5.74) is 0.474. The Hall–Kier alpha value is -0.820. The minimum atomic E-state index is -0.587. The molecule has 2 N–H and O–H groups in total. The molecule has 0 saturated heterocycles. The fraction of sp³-hybridized carbons (Fsp3) is 0.429. The Balaban J connectivity index is 2.65. The highest BCUT2D eigenvalue weighted by Crippen LogP contribution is 2.17. The second-order valence-corrected chi connectivity index (χ2v) is 6.56. The van der Waals surface area contributed by atoms with Gasteiger partial charge in [-0.05, 0) is 53.6 Å². The van der Waals surface area contributed by atoms with Gasteiger partial charge in [-0.1, -0.05) is 25.4 Å². The average Bonchev–Trinajstić information content (AvgIpc) is 2.38. The minimum Gasteiger partial charge on any atom is -0.354 e. The fourth-order valence-electron chi connectivity index (χ4n) is 1.47. The Morgan fingerprint density at radius 1 is 1.30 bits per heavy atom. The van der Waals surface area contributed by atoms with Crippen molar-refractivity contribution >= 4 is 46.0 Å². The molecule has 0 aromatic heterocycles. The number of hydrogen-bond acceptors (Lipinski definition) is 2. The predicted molar refractivity (Wildman–Crippen MR) is 88.9 cm³/mol. The fourth-order valence-corrected chi connectivity index (χ4v) is 2.22. The lowest BCUT2D eigenvalue weighted by atomic mass is 10.2. The monoisotopic (exact) mass is 408 g/mol. The van der Waals surface area contributed by atoms with E-state index in [1.165, 1.54) is 0 Å². The standard InChI is InChI=1S/C14H18ClIN2O2/c1-8(2)7-17-13(19)9(3)18-14(20)11-6-10(15)4-5-12(11)16/h4-6,8-9H,7H2,1-3H3,(H,17,19)(H,18,20). The highest BCUT2D eigenvalue weighted by Gasteiger charge is 2.18.